The van der Waals surface area contributed by atoms with Crippen LogP contribution in [0.4, 0.5) is 0 Å². The van der Waals surface area contributed by atoms with Gasteiger partial charge >= 0.3 is 5.97 Å². The predicted octanol–water partition coefficient (Wildman–Crippen LogP) is 2.37. The highest BCUT2D eigenvalue weighted by Gasteiger charge is 2.13. The predicted molar refractivity (Wildman–Crippen MR) is 65.1 cm³/mol. The van der Waals surface area contributed by atoms with Crippen LogP contribution in [0.1, 0.15) is 28.6 Å². The van der Waals surface area contributed by atoms with Gasteiger partial charge in [-0.1, -0.05) is 30.3 Å². The van der Waals surface area contributed by atoms with Crippen LogP contribution >= 0.6 is 0 Å². The quantitative estimate of drug-likeness (QED) is 0.664. The molecule has 4 nitrogen and oxygen atoms in total. The van der Waals surface area contributed by atoms with Crippen LogP contribution in [0.25, 0.3) is 0 Å². The van der Waals surface area contributed by atoms with Gasteiger partial charge in [0, 0.05) is 6.42 Å². The molecule has 0 bridgehead atoms. The standard InChI is InChI=1S/C14H14O4/c1-10(15)18-14(16)12-8-13(17-9-12)7-11-5-3-2-4-6-11/h2-6,8-10,15H,7H2,1H3. The number of carbonyl (C=O) groups excluding carboxylic acids is 1. The smallest absolute Gasteiger partial charge is 0.343 e. The van der Waals surface area contributed by atoms with Gasteiger partial charge in [-0.05, 0) is 18.6 Å². The Labute approximate surface area is 105 Å². The normalized spacial score (nSPS) is 12.1. The maximum Gasteiger partial charge on any atom is 0.343 e. The molecule has 0 fully saturated rings. The number of carbonyl (C=O) groups is 1. The summed E-state index contributed by atoms with van der Waals surface area (Å²) >= 11 is 0. The van der Waals surface area contributed by atoms with Crippen LogP contribution in [0.3, 0.4) is 0 Å². The number of aliphatic hydroxyl groups is 1. The Morgan fingerprint density at radius 3 is 2.78 bits per heavy atom. The van der Waals surface area contributed by atoms with Crippen molar-refractivity contribution >= 4 is 5.97 Å². The van der Waals surface area contributed by atoms with Gasteiger partial charge in [0.25, 0.3) is 0 Å². The third kappa shape index (κ3) is 3.21. The van der Waals surface area contributed by atoms with E-state index in [1.807, 2.05) is 30.3 Å². The maximum absolute atomic E-state index is 11.5. The lowest BCUT2D eigenvalue weighted by Crippen LogP contribution is -2.13. The fourth-order valence-corrected chi connectivity index (χ4v) is 1.60. The molecule has 0 aliphatic rings. The van der Waals surface area contributed by atoms with Crippen LogP contribution in [0.5, 0.6) is 0 Å². The summed E-state index contributed by atoms with van der Waals surface area (Å²) < 4.78 is 9.95. The lowest BCUT2D eigenvalue weighted by atomic mass is 10.1. The molecule has 0 radical (unpaired) electrons. The molecule has 1 unspecified atom stereocenters. The minimum absolute atomic E-state index is 0.307. The number of ether oxygens (including phenoxy) is 1. The molecule has 1 aromatic carbocycles. The first-order valence-corrected chi connectivity index (χ1v) is 5.65. The summed E-state index contributed by atoms with van der Waals surface area (Å²) in [6.07, 6.45) is 0.830. The van der Waals surface area contributed by atoms with Crippen LogP contribution in [-0.4, -0.2) is 17.4 Å². The average molecular weight is 246 g/mol. The Bertz CT molecular complexity index is 514. The number of esters is 1. The van der Waals surface area contributed by atoms with Gasteiger partial charge in [0.2, 0.25) is 0 Å². The van der Waals surface area contributed by atoms with Gasteiger partial charge < -0.3 is 14.3 Å². The largest absolute Gasteiger partial charge is 0.468 e. The van der Waals surface area contributed by atoms with E-state index in [-0.39, 0.29) is 0 Å². The van der Waals surface area contributed by atoms with E-state index in [0.29, 0.717) is 17.7 Å². The van der Waals surface area contributed by atoms with Crippen molar-refractivity contribution in [2.75, 3.05) is 0 Å². The molecule has 2 rings (SSSR count). The molecule has 18 heavy (non-hydrogen) atoms. The second-order valence-electron chi connectivity index (χ2n) is 3.97. The molecule has 1 N–H and O–H groups in total. The third-order valence-electron chi connectivity index (χ3n) is 2.39. The molecule has 0 spiro atoms. The number of hydrogen-bond donors (Lipinski definition) is 1. The van der Waals surface area contributed by atoms with E-state index in [4.69, 9.17) is 9.52 Å². The Morgan fingerprint density at radius 1 is 1.39 bits per heavy atom. The van der Waals surface area contributed by atoms with Crippen molar-refractivity contribution in [3.63, 3.8) is 0 Å². The van der Waals surface area contributed by atoms with Crippen molar-refractivity contribution in [1.29, 1.82) is 0 Å². The second kappa shape index (κ2) is 5.51. The molecule has 2 aromatic rings. The molecule has 0 amide bonds. The lowest BCUT2D eigenvalue weighted by molar-refractivity contribution is -0.0523. The van der Waals surface area contributed by atoms with Crippen LogP contribution in [0.2, 0.25) is 0 Å². The van der Waals surface area contributed by atoms with Crippen molar-refractivity contribution in [1.82, 2.24) is 0 Å². The third-order valence-corrected chi connectivity index (χ3v) is 2.39. The van der Waals surface area contributed by atoms with E-state index < -0.39 is 12.3 Å². The van der Waals surface area contributed by atoms with E-state index in [2.05, 4.69) is 4.74 Å². The lowest BCUT2D eigenvalue weighted by Gasteiger charge is -2.03. The van der Waals surface area contributed by atoms with Crippen molar-refractivity contribution < 1.29 is 19.1 Å². The molecular formula is C14H14O4. The summed E-state index contributed by atoms with van der Waals surface area (Å²) in [6.45, 7) is 1.38. The number of rotatable bonds is 4. The van der Waals surface area contributed by atoms with E-state index in [0.717, 1.165) is 5.56 Å². The van der Waals surface area contributed by atoms with Crippen molar-refractivity contribution in [3.8, 4) is 0 Å². The summed E-state index contributed by atoms with van der Waals surface area (Å²) in [5.41, 5.74) is 1.41. The van der Waals surface area contributed by atoms with Crippen molar-refractivity contribution in [3.05, 3.63) is 59.5 Å². The Morgan fingerprint density at radius 2 is 2.11 bits per heavy atom. The monoisotopic (exact) mass is 246 g/mol. The number of aliphatic hydroxyl groups excluding tert-OH is 1. The molecule has 0 aliphatic carbocycles. The zero-order chi connectivity index (χ0) is 13.0. The summed E-state index contributed by atoms with van der Waals surface area (Å²) in [5.74, 6) is 0.0896. The highest BCUT2D eigenvalue weighted by molar-refractivity contribution is 5.89. The topological polar surface area (TPSA) is 59.7 Å². The van der Waals surface area contributed by atoms with Gasteiger partial charge in [-0.15, -0.1) is 0 Å². The summed E-state index contributed by atoms with van der Waals surface area (Å²) in [6, 6.07) is 11.4. The van der Waals surface area contributed by atoms with Gasteiger partial charge in [0.05, 0.1) is 5.56 Å². The van der Waals surface area contributed by atoms with Crippen LogP contribution < -0.4 is 0 Å². The first-order valence-electron chi connectivity index (χ1n) is 5.65. The van der Waals surface area contributed by atoms with Crippen molar-refractivity contribution in [2.24, 2.45) is 0 Å². The fourth-order valence-electron chi connectivity index (χ4n) is 1.60. The van der Waals surface area contributed by atoms with Crippen LogP contribution in [0.15, 0.2) is 47.1 Å². The molecule has 1 heterocycles. The SMILES string of the molecule is CC(O)OC(=O)c1coc(Cc2ccccc2)c1. The maximum atomic E-state index is 11.5. The summed E-state index contributed by atoms with van der Waals surface area (Å²) in [5, 5.41) is 8.95. The molecule has 1 atom stereocenters. The van der Waals surface area contributed by atoms with Gasteiger partial charge in [-0.25, -0.2) is 4.79 Å². The first-order chi connectivity index (χ1) is 8.65. The number of benzene rings is 1. The molecule has 1 aromatic heterocycles. The van der Waals surface area contributed by atoms with Gasteiger partial charge in [0.1, 0.15) is 12.0 Å². The average Bonchev–Trinajstić information content (AvgIpc) is 2.78. The van der Waals surface area contributed by atoms with E-state index in [9.17, 15) is 4.79 Å². The Balaban J connectivity index is 2.04. The molecule has 94 valence electrons. The fraction of sp³-hybridized carbons (Fsp3) is 0.214. The zero-order valence-corrected chi connectivity index (χ0v) is 10.00. The second-order valence-corrected chi connectivity index (χ2v) is 3.97. The highest BCUT2D eigenvalue weighted by Crippen LogP contribution is 2.14. The van der Waals surface area contributed by atoms with E-state index >= 15 is 0 Å². The first kappa shape index (κ1) is 12.4. The van der Waals surface area contributed by atoms with Crippen LogP contribution in [0, 0.1) is 0 Å². The molecule has 0 saturated carbocycles. The molecule has 0 aliphatic heterocycles. The van der Waals surface area contributed by atoms with E-state index in [1.165, 1.54) is 13.2 Å². The Kier molecular flexibility index (Phi) is 3.79. The minimum atomic E-state index is -1.12. The zero-order valence-electron chi connectivity index (χ0n) is 10.00. The van der Waals surface area contributed by atoms with Gasteiger partial charge in [-0.3, -0.25) is 0 Å². The van der Waals surface area contributed by atoms with Crippen molar-refractivity contribution in [2.45, 2.75) is 19.6 Å². The summed E-state index contributed by atoms with van der Waals surface area (Å²) in [4.78, 5) is 11.5. The minimum Gasteiger partial charge on any atom is -0.468 e. The molecule has 0 saturated heterocycles. The van der Waals surface area contributed by atoms with Gasteiger partial charge in [-0.2, -0.15) is 0 Å². The number of hydrogen-bond acceptors (Lipinski definition) is 4. The molecular weight excluding hydrogens is 232 g/mol. The Hall–Kier alpha value is -2.07. The summed E-state index contributed by atoms with van der Waals surface area (Å²) in [7, 11) is 0. The van der Waals surface area contributed by atoms with Crippen LogP contribution in [-0.2, 0) is 11.2 Å². The number of furan rings is 1. The molecule has 4 heteroatoms. The van der Waals surface area contributed by atoms with Gasteiger partial charge in [0.15, 0.2) is 6.29 Å². The van der Waals surface area contributed by atoms with E-state index in [1.54, 1.807) is 6.07 Å². The highest BCUT2D eigenvalue weighted by atomic mass is 16.6.